The minimum Gasteiger partial charge on any atom is -0.494 e. The average Bonchev–Trinajstić information content (AvgIpc) is 2.66. The second kappa shape index (κ2) is 11.1. The zero-order valence-corrected chi connectivity index (χ0v) is 16.7. The van der Waals surface area contributed by atoms with Gasteiger partial charge in [0.05, 0.1) is 13.2 Å². The molecule has 2 N–H and O–H groups in total. The van der Waals surface area contributed by atoms with E-state index in [1.54, 1.807) is 42.5 Å². The van der Waals surface area contributed by atoms with Gasteiger partial charge in [-0.15, -0.1) is 0 Å². The Kier molecular flexibility index (Phi) is 8.49. The predicted octanol–water partition coefficient (Wildman–Crippen LogP) is 4.61. The van der Waals surface area contributed by atoms with Gasteiger partial charge in [0.2, 0.25) is 5.91 Å². The molecular formula is C22H28N2O4. The number of hydrogen-bond acceptors (Lipinski definition) is 4. The Hall–Kier alpha value is -2.86. The van der Waals surface area contributed by atoms with Crippen molar-refractivity contribution in [3.05, 3.63) is 53.6 Å². The van der Waals surface area contributed by atoms with Crippen molar-refractivity contribution in [3.8, 4) is 5.75 Å². The summed E-state index contributed by atoms with van der Waals surface area (Å²) in [7, 11) is 0. The second-order valence-corrected chi connectivity index (χ2v) is 6.38. The molecule has 0 bridgehead atoms. The fourth-order valence-electron chi connectivity index (χ4n) is 2.64. The van der Waals surface area contributed by atoms with Gasteiger partial charge in [0.25, 0.3) is 5.91 Å². The standard InChI is InChI=1S/C22H28N2O4/c1-4-6-12-27-15-18-13-17(10-11-21(18)28-5-2)22(26)24-20-9-7-8-19(14-20)23-16(3)25/h7-11,13-14H,4-6,12,15H2,1-3H3,(H,23,25)(H,24,26). The highest BCUT2D eigenvalue weighted by atomic mass is 16.5. The molecule has 0 aromatic heterocycles. The Labute approximate surface area is 166 Å². The molecule has 0 radical (unpaired) electrons. The highest BCUT2D eigenvalue weighted by Crippen LogP contribution is 2.23. The lowest BCUT2D eigenvalue weighted by Crippen LogP contribution is -2.13. The summed E-state index contributed by atoms with van der Waals surface area (Å²) in [6.45, 7) is 7.09. The van der Waals surface area contributed by atoms with Gasteiger partial charge in [-0.1, -0.05) is 19.4 Å². The molecule has 0 aliphatic rings. The van der Waals surface area contributed by atoms with Crippen LogP contribution < -0.4 is 15.4 Å². The van der Waals surface area contributed by atoms with Gasteiger partial charge in [-0.2, -0.15) is 0 Å². The summed E-state index contributed by atoms with van der Waals surface area (Å²) in [5, 5.41) is 5.55. The van der Waals surface area contributed by atoms with Crippen molar-refractivity contribution in [2.45, 2.75) is 40.2 Å². The van der Waals surface area contributed by atoms with Crippen LogP contribution in [0.25, 0.3) is 0 Å². The maximum absolute atomic E-state index is 12.7. The van der Waals surface area contributed by atoms with Gasteiger partial charge in [0.15, 0.2) is 0 Å². The number of benzene rings is 2. The van der Waals surface area contributed by atoms with Crippen LogP contribution in [0.1, 0.15) is 49.5 Å². The van der Waals surface area contributed by atoms with Gasteiger partial charge >= 0.3 is 0 Å². The molecule has 0 saturated heterocycles. The van der Waals surface area contributed by atoms with Crippen LogP contribution in [-0.2, 0) is 16.1 Å². The number of ether oxygens (including phenoxy) is 2. The second-order valence-electron chi connectivity index (χ2n) is 6.38. The SMILES string of the molecule is CCCCOCc1cc(C(=O)Nc2cccc(NC(C)=O)c2)ccc1OCC. The number of rotatable bonds is 10. The van der Waals surface area contributed by atoms with Gasteiger partial charge in [-0.3, -0.25) is 9.59 Å². The van der Waals surface area contributed by atoms with Gasteiger partial charge in [0, 0.05) is 36.0 Å². The molecule has 2 amide bonds. The molecule has 0 aliphatic heterocycles. The van der Waals surface area contributed by atoms with Crippen molar-refractivity contribution in [3.63, 3.8) is 0 Å². The van der Waals surface area contributed by atoms with Gasteiger partial charge in [-0.25, -0.2) is 0 Å². The van der Waals surface area contributed by atoms with Crippen LogP contribution in [0.15, 0.2) is 42.5 Å². The monoisotopic (exact) mass is 384 g/mol. The molecule has 2 aromatic rings. The molecule has 150 valence electrons. The van der Waals surface area contributed by atoms with Crippen molar-refractivity contribution in [2.24, 2.45) is 0 Å². The molecule has 0 fully saturated rings. The third kappa shape index (κ3) is 6.70. The topological polar surface area (TPSA) is 76.7 Å². The third-order valence-electron chi connectivity index (χ3n) is 3.96. The van der Waals surface area contributed by atoms with Crippen molar-refractivity contribution in [2.75, 3.05) is 23.8 Å². The molecule has 0 atom stereocenters. The normalized spacial score (nSPS) is 10.4. The summed E-state index contributed by atoms with van der Waals surface area (Å²) in [6, 6.07) is 12.3. The largest absolute Gasteiger partial charge is 0.494 e. The van der Waals surface area contributed by atoms with Crippen LogP contribution in [0, 0.1) is 0 Å². The van der Waals surface area contributed by atoms with E-state index in [0.717, 1.165) is 24.2 Å². The lowest BCUT2D eigenvalue weighted by atomic mass is 10.1. The van der Waals surface area contributed by atoms with Crippen LogP contribution in [0.4, 0.5) is 11.4 Å². The number of nitrogens with one attached hydrogen (secondary N) is 2. The highest BCUT2D eigenvalue weighted by molar-refractivity contribution is 6.05. The fourth-order valence-corrected chi connectivity index (χ4v) is 2.64. The zero-order valence-electron chi connectivity index (χ0n) is 16.7. The van der Waals surface area contributed by atoms with E-state index in [1.165, 1.54) is 6.92 Å². The molecular weight excluding hydrogens is 356 g/mol. The lowest BCUT2D eigenvalue weighted by molar-refractivity contribution is -0.114. The number of carbonyl (C=O) groups excluding carboxylic acids is 2. The van der Waals surface area contributed by atoms with Crippen LogP contribution in [-0.4, -0.2) is 25.0 Å². The molecule has 6 nitrogen and oxygen atoms in total. The molecule has 6 heteroatoms. The molecule has 0 heterocycles. The number of anilines is 2. The first kappa shape index (κ1) is 21.4. The van der Waals surface area contributed by atoms with E-state index < -0.39 is 0 Å². The van der Waals surface area contributed by atoms with E-state index in [4.69, 9.17) is 9.47 Å². The van der Waals surface area contributed by atoms with Crippen LogP contribution in [0.3, 0.4) is 0 Å². The summed E-state index contributed by atoms with van der Waals surface area (Å²) in [5.41, 5.74) is 2.59. The van der Waals surface area contributed by atoms with Crippen molar-refractivity contribution >= 4 is 23.2 Å². The number of carbonyl (C=O) groups is 2. The predicted molar refractivity (Wildman–Crippen MR) is 111 cm³/mol. The summed E-state index contributed by atoms with van der Waals surface area (Å²) in [6.07, 6.45) is 2.06. The van der Waals surface area contributed by atoms with Crippen LogP contribution in [0.5, 0.6) is 5.75 Å². The van der Waals surface area contributed by atoms with Crippen molar-refractivity contribution in [1.82, 2.24) is 0 Å². The number of unbranched alkanes of at least 4 members (excludes halogenated alkanes) is 1. The quantitative estimate of drug-likeness (QED) is 0.586. The Morgan fingerprint density at radius 2 is 1.75 bits per heavy atom. The van der Waals surface area contributed by atoms with Gasteiger partial charge in [-0.05, 0) is 49.7 Å². The van der Waals surface area contributed by atoms with E-state index in [0.29, 0.717) is 36.8 Å². The number of amides is 2. The maximum atomic E-state index is 12.7. The lowest BCUT2D eigenvalue weighted by Gasteiger charge is -2.13. The van der Waals surface area contributed by atoms with Crippen molar-refractivity contribution in [1.29, 1.82) is 0 Å². The Bertz CT molecular complexity index is 805. The minimum absolute atomic E-state index is 0.164. The maximum Gasteiger partial charge on any atom is 0.255 e. The van der Waals surface area contributed by atoms with E-state index >= 15 is 0 Å². The molecule has 0 spiro atoms. The first-order valence-corrected chi connectivity index (χ1v) is 9.56. The van der Waals surface area contributed by atoms with E-state index in [-0.39, 0.29) is 11.8 Å². The third-order valence-corrected chi connectivity index (χ3v) is 3.96. The summed E-state index contributed by atoms with van der Waals surface area (Å²) >= 11 is 0. The van der Waals surface area contributed by atoms with Gasteiger partial charge < -0.3 is 20.1 Å². The van der Waals surface area contributed by atoms with Crippen molar-refractivity contribution < 1.29 is 19.1 Å². The molecule has 0 unspecified atom stereocenters. The fraction of sp³-hybridized carbons (Fsp3) is 0.364. The average molecular weight is 384 g/mol. The summed E-state index contributed by atoms with van der Waals surface area (Å²) in [4.78, 5) is 23.9. The zero-order chi connectivity index (χ0) is 20.4. The first-order chi connectivity index (χ1) is 13.5. The smallest absolute Gasteiger partial charge is 0.255 e. The van der Waals surface area contributed by atoms with E-state index in [2.05, 4.69) is 17.6 Å². The summed E-state index contributed by atoms with van der Waals surface area (Å²) < 4.78 is 11.3. The Morgan fingerprint density at radius 1 is 1.00 bits per heavy atom. The molecule has 2 aromatic carbocycles. The van der Waals surface area contributed by atoms with E-state index in [1.807, 2.05) is 6.92 Å². The van der Waals surface area contributed by atoms with Crippen LogP contribution in [0.2, 0.25) is 0 Å². The van der Waals surface area contributed by atoms with Gasteiger partial charge in [0.1, 0.15) is 5.75 Å². The number of hydrogen-bond donors (Lipinski definition) is 2. The van der Waals surface area contributed by atoms with E-state index in [9.17, 15) is 9.59 Å². The molecule has 0 aliphatic carbocycles. The minimum atomic E-state index is -0.238. The molecule has 0 saturated carbocycles. The Balaban J connectivity index is 2.12. The van der Waals surface area contributed by atoms with Crippen LogP contribution >= 0.6 is 0 Å². The molecule has 2 rings (SSSR count). The summed E-state index contributed by atoms with van der Waals surface area (Å²) in [5.74, 6) is 0.323. The first-order valence-electron chi connectivity index (χ1n) is 9.56. The Morgan fingerprint density at radius 3 is 2.43 bits per heavy atom. The highest BCUT2D eigenvalue weighted by Gasteiger charge is 2.12. The molecule has 28 heavy (non-hydrogen) atoms.